The zero-order chi connectivity index (χ0) is 15.2. The van der Waals surface area contributed by atoms with Crippen LogP contribution in [0.25, 0.3) is 0 Å². The summed E-state index contributed by atoms with van der Waals surface area (Å²) in [5.74, 6) is 0.222. The van der Waals surface area contributed by atoms with Crippen molar-refractivity contribution >= 4 is 17.4 Å². The summed E-state index contributed by atoms with van der Waals surface area (Å²) in [6.45, 7) is 2.26. The maximum absolute atomic E-state index is 13.6. The third-order valence-electron chi connectivity index (χ3n) is 3.04. The molecule has 0 amide bonds. The molecule has 0 aliphatic rings. The standard InChI is InChI=1S/C17H16ClFO2/c1-12-3-2-4-16(9-12)21-8-7-15(20)10-13-5-6-14(18)11-17(13)19/h2-6,9,11H,7-8,10H2,1H3. The van der Waals surface area contributed by atoms with Gasteiger partial charge in [-0.25, -0.2) is 4.39 Å². The molecule has 4 heteroatoms. The maximum Gasteiger partial charge on any atom is 0.140 e. The number of ether oxygens (including phenoxy) is 1. The first kappa shape index (κ1) is 15.5. The van der Waals surface area contributed by atoms with E-state index in [0.29, 0.717) is 10.6 Å². The van der Waals surface area contributed by atoms with Crippen molar-refractivity contribution in [1.29, 1.82) is 0 Å². The molecule has 2 aromatic carbocycles. The second kappa shape index (κ2) is 7.23. The molecule has 0 spiro atoms. The summed E-state index contributed by atoms with van der Waals surface area (Å²) in [4.78, 5) is 11.8. The van der Waals surface area contributed by atoms with Gasteiger partial charge in [-0.15, -0.1) is 0 Å². The lowest BCUT2D eigenvalue weighted by molar-refractivity contribution is -0.118. The topological polar surface area (TPSA) is 26.3 Å². The lowest BCUT2D eigenvalue weighted by atomic mass is 10.1. The summed E-state index contributed by atoms with van der Waals surface area (Å²) in [6, 6.07) is 12.0. The van der Waals surface area contributed by atoms with E-state index in [1.807, 2.05) is 31.2 Å². The number of carbonyl (C=O) groups excluding carboxylic acids is 1. The van der Waals surface area contributed by atoms with Gasteiger partial charge in [0.15, 0.2) is 0 Å². The van der Waals surface area contributed by atoms with Crippen LogP contribution < -0.4 is 4.74 Å². The van der Waals surface area contributed by atoms with E-state index in [-0.39, 0.29) is 25.2 Å². The zero-order valence-electron chi connectivity index (χ0n) is 11.7. The monoisotopic (exact) mass is 306 g/mol. The molecule has 0 unspecified atom stereocenters. The zero-order valence-corrected chi connectivity index (χ0v) is 12.5. The summed E-state index contributed by atoms with van der Waals surface area (Å²) < 4.78 is 19.1. The van der Waals surface area contributed by atoms with Crippen LogP contribution in [0, 0.1) is 12.7 Å². The van der Waals surface area contributed by atoms with Crippen LogP contribution in [0.4, 0.5) is 4.39 Å². The Morgan fingerprint density at radius 1 is 1.24 bits per heavy atom. The van der Waals surface area contributed by atoms with Crippen molar-refractivity contribution < 1.29 is 13.9 Å². The Hall–Kier alpha value is -1.87. The molecule has 0 aromatic heterocycles. The molecule has 21 heavy (non-hydrogen) atoms. The molecule has 0 heterocycles. The molecule has 0 aliphatic heterocycles. The van der Waals surface area contributed by atoms with Gasteiger partial charge < -0.3 is 4.74 Å². The summed E-state index contributed by atoms with van der Waals surface area (Å²) >= 11 is 5.67. The number of hydrogen-bond donors (Lipinski definition) is 0. The minimum Gasteiger partial charge on any atom is -0.493 e. The smallest absolute Gasteiger partial charge is 0.140 e. The summed E-state index contributed by atoms with van der Waals surface area (Å²) in [6.07, 6.45) is 0.302. The summed E-state index contributed by atoms with van der Waals surface area (Å²) in [5, 5.41) is 0.325. The Morgan fingerprint density at radius 2 is 2.05 bits per heavy atom. The number of aryl methyl sites for hydroxylation is 1. The van der Waals surface area contributed by atoms with E-state index in [1.165, 1.54) is 12.1 Å². The number of halogens is 2. The van der Waals surface area contributed by atoms with Crippen LogP contribution in [0.15, 0.2) is 42.5 Å². The van der Waals surface area contributed by atoms with Crippen molar-refractivity contribution in [3.8, 4) is 5.75 Å². The average molecular weight is 307 g/mol. The highest BCUT2D eigenvalue weighted by molar-refractivity contribution is 6.30. The van der Waals surface area contributed by atoms with Crippen LogP contribution in [0.1, 0.15) is 17.5 Å². The van der Waals surface area contributed by atoms with Crippen LogP contribution >= 0.6 is 11.6 Å². The molecule has 2 rings (SSSR count). The predicted octanol–water partition coefficient (Wildman–Crippen LogP) is 4.37. The highest BCUT2D eigenvalue weighted by atomic mass is 35.5. The van der Waals surface area contributed by atoms with Crippen LogP contribution in [0.2, 0.25) is 5.02 Å². The predicted molar refractivity (Wildman–Crippen MR) is 81.4 cm³/mol. The normalized spacial score (nSPS) is 10.4. The van der Waals surface area contributed by atoms with Gasteiger partial charge in [-0.2, -0.15) is 0 Å². The Kier molecular flexibility index (Phi) is 5.34. The molecular formula is C17H16ClFO2. The van der Waals surface area contributed by atoms with E-state index in [4.69, 9.17) is 16.3 Å². The number of Topliss-reactive ketones (excluding diaryl/α,β-unsaturated/α-hetero) is 1. The highest BCUT2D eigenvalue weighted by Gasteiger charge is 2.09. The van der Waals surface area contributed by atoms with E-state index in [2.05, 4.69) is 0 Å². The summed E-state index contributed by atoms with van der Waals surface area (Å²) in [5.41, 5.74) is 1.46. The first-order chi connectivity index (χ1) is 10.0. The molecule has 0 bridgehead atoms. The molecule has 0 radical (unpaired) electrons. The third kappa shape index (κ3) is 4.87. The average Bonchev–Trinajstić information content (AvgIpc) is 2.42. The van der Waals surface area contributed by atoms with Gasteiger partial charge in [-0.3, -0.25) is 4.79 Å². The quantitative estimate of drug-likeness (QED) is 0.792. The number of rotatable bonds is 6. The fourth-order valence-corrected chi connectivity index (χ4v) is 2.11. The van der Waals surface area contributed by atoms with Crippen molar-refractivity contribution in [2.75, 3.05) is 6.61 Å². The van der Waals surface area contributed by atoms with E-state index in [9.17, 15) is 9.18 Å². The van der Waals surface area contributed by atoms with Gasteiger partial charge in [-0.05, 0) is 42.3 Å². The Labute approximate surface area is 128 Å². The fraction of sp³-hybridized carbons (Fsp3) is 0.235. The number of carbonyl (C=O) groups is 1. The fourth-order valence-electron chi connectivity index (χ4n) is 1.95. The molecule has 2 nitrogen and oxygen atoms in total. The molecule has 0 aliphatic carbocycles. The number of hydrogen-bond acceptors (Lipinski definition) is 2. The second-order valence-corrected chi connectivity index (χ2v) is 5.30. The molecule has 0 N–H and O–H groups in total. The molecule has 0 saturated carbocycles. The molecule has 0 atom stereocenters. The van der Waals surface area contributed by atoms with Crippen molar-refractivity contribution in [3.05, 3.63) is 64.4 Å². The van der Waals surface area contributed by atoms with Gasteiger partial charge >= 0.3 is 0 Å². The van der Waals surface area contributed by atoms with Gasteiger partial charge in [0.25, 0.3) is 0 Å². The SMILES string of the molecule is Cc1cccc(OCCC(=O)Cc2ccc(Cl)cc2F)c1. The first-order valence-electron chi connectivity index (χ1n) is 6.69. The number of ketones is 1. The van der Waals surface area contributed by atoms with Gasteiger partial charge in [-0.1, -0.05) is 29.8 Å². The lowest BCUT2D eigenvalue weighted by Crippen LogP contribution is -2.10. The van der Waals surface area contributed by atoms with Crippen molar-refractivity contribution in [2.45, 2.75) is 19.8 Å². The van der Waals surface area contributed by atoms with Crippen molar-refractivity contribution in [2.24, 2.45) is 0 Å². The lowest BCUT2D eigenvalue weighted by Gasteiger charge is -2.07. The minimum absolute atomic E-state index is 0.0557. The first-order valence-corrected chi connectivity index (χ1v) is 7.07. The second-order valence-electron chi connectivity index (χ2n) is 4.87. The molecule has 0 saturated heterocycles. The highest BCUT2D eigenvalue weighted by Crippen LogP contribution is 2.16. The van der Waals surface area contributed by atoms with Crippen LogP contribution in [-0.2, 0) is 11.2 Å². The van der Waals surface area contributed by atoms with Crippen molar-refractivity contribution in [1.82, 2.24) is 0 Å². The van der Waals surface area contributed by atoms with E-state index in [0.717, 1.165) is 11.3 Å². The van der Waals surface area contributed by atoms with Crippen LogP contribution in [0.3, 0.4) is 0 Å². The largest absolute Gasteiger partial charge is 0.493 e. The van der Waals surface area contributed by atoms with Crippen LogP contribution in [-0.4, -0.2) is 12.4 Å². The Morgan fingerprint density at radius 3 is 2.76 bits per heavy atom. The van der Waals surface area contributed by atoms with E-state index >= 15 is 0 Å². The van der Waals surface area contributed by atoms with Crippen LogP contribution in [0.5, 0.6) is 5.75 Å². The van der Waals surface area contributed by atoms with E-state index in [1.54, 1.807) is 6.07 Å². The van der Waals surface area contributed by atoms with Gasteiger partial charge in [0.05, 0.1) is 6.61 Å². The molecule has 110 valence electrons. The van der Waals surface area contributed by atoms with Crippen molar-refractivity contribution in [3.63, 3.8) is 0 Å². The molecular weight excluding hydrogens is 291 g/mol. The number of benzene rings is 2. The maximum atomic E-state index is 13.6. The van der Waals surface area contributed by atoms with Gasteiger partial charge in [0.2, 0.25) is 0 Å². The Balaban J connectivity index is 1.82. The summed E-state index contributed by atoms with van der Waals surface area (Å²) in [7, 11) is 0. The van der Waals surface area contributed by atoms with Gasteiger partial charge in [0.1, 0.15) is 17.3 Å². The van der Waals surface area contributed by atoms with Gasteiger partial charge in [0, 0.05) is 17.9 Å². The third-order valence-corrected chi connectivity index (χ3v) is 3.28. The Bertz CT molecular complexity index is 640. The van der Waals surface area contributed by atoms with E-state index < -0.39 is 5.82 Å². The molecule has 2 aromatic rings. The minimum atomic E-state index is -0.449. The molecule has 0 fully saturated rings.